The van der Waals surface area contributed by atoms with E-state index in [0.29, 0.717) is 12.1 Å². The van der Waals surface area contributed by atoms with Crippen LogP contribution in [0.1, 0.15) is 23.7 Å². The fraction of sp³-hybridized carbons (Fsp3) is 0.385. The molecule has 0 bridgehead atoms. The number of carbonyl (C=O) groups is 2. The molecular formula is C13H16N2O4S. The molecule has 1 saturated heterocycles. The molecule has 2 rings (SSSR count). The van der Waals surface area contributed by atoms with E-state index < -0.39 is 16.1 Å². The molecule has 7 heteroatoms. The molecule has 0 spiro atoms. The van der Waals surface area contributed by atoms with Crippen LogP contribution in [-0.2, 0) is 14.8 Å². The first-order valence-electron chi connectivity index (χ1n) is 6.17. The molecule has 1 atom stereocenters. The van der Waals surface area contributed by atoms with E-state index in [1.807, 2.05) is 0 Å². The van der Waals surface area contributed by atoms with Crippen molar-refractivity contribution in [1.82, 2.24) is 9.62 Å². The molecule has 1 N–H and O–H groups in total. The second-order valence-corrected chi connectivity index (χ2v) is 6.59. The maximum absolute atomic E-state index is 12.2. The van der Waals surface area contributed by atoms with Crippen molar-refractivity contribution in [3.8, 4) is 0 Å². The van der Waals surface area contributed by atoms with Crippen molar-refractivity contribution < 1.29 is 18.0 Å². The van der Waals surface area contributed by atoms with E-state index in [1.54, 1.807) is 7.05 Å². The third-order valence-corrected chi connectivity index (χ3v) is 4.77. The number of Topliss-reactive ketones (excluding diaryl/α,β-unsaturated/α-hetero) is 1. The van der Waals surface area contributed by atoms with E-state index in [-0.39, 0.29) is 23.0 Å². The van der Waals surface area contributed by atoms with Gasteiger partial charge < -0.3 is 4.90 Å². The largest absolute Gasteiger partial charge is 0.344 e. The maximum Gasteiger partial charge on any atom is 0.240 e. The van der Waals surface area contributed by atoms with Gasteiger partial charge in [-0.2, -0.15) is 0 Å². The molecule has 1 aliphatic heterocycles. The van der Waals surface area contributed by atoms with Gasteiger partial charge in [0.05, 0.1) is 4.90 Å². The Bertz CT molecular complexity index is 637. The van der Waals surface area contributed by atoms with Crippen LogP contribution >= 0.6 is 0 Å². The molecule has 1 heterocycles. The van der Waals surface area contributed by atoms with E-state index in [4.69, 9.17) is 0 Å². The van der Waals surface area contributed by atoms with Gasteiger partial charge in [0.1, 0.15) is 0 Å². The van der Waals surface area contributed by atoms with Gasteiger partial charge >= 0.3 is 0 Å². The number of sulfonamides is 1. The van der Waals surface area contributed by atoms with Crippen molar-refractivity contribution in [2.75, 3.05) is 13.6 Å². The van der Waals surface area contributed by atoms with Crippen LogP contribution in [-0.4, -0.2) is 44.6 Å². The predicted molar refractivity (Wildman–Crippen MR) is 72.8 cm³/mol. The number of rotatable bonds is 4. The number of nitrogens with one attached hydrogen (secondary N) is 1. The summed E-state index contributed by atoms with van der Waals surface area (Å²) in [6.07, 6.45) is 0.168. The van der Waals surface area contributed by atoms with Crippen LogP contribution in [0.3, 0.4) is 0 Å². The molecule has 20 heavy (non-hydrogen) atoms. The summed E-state index contributed by atoms with van der Waals surface area (Å²) >= 11 is 0. The number of hydrogen-bond acceptors (Lipinski definition) is 4. The summed E-state index contributed by atoms with van der Waals surface area (Å²) < 4.78 is 26.8. The molecule has 1 unspecified atom stereocenters. The zero-order valence-corrected chi connectivity index (χ0v) is 12.1. The second kappa shape index (κ2) is 5.34. The quantitative estimate of drug-likeness (QED) is 0.815. The smallest absolute Gasteiger partial charge is 0.240 e. The summed E-state index contributed by atoms with van der Waals surface area (Å²) in [5.74, 6) is -0.199. The summed E-state index contributed by atoms with van der Waals surface area (Å²) in [4.78, 5) is 24.1. The molecule has 1 aliphatic rings. The summed E-state index contributed by atoms with van der Waals surface area (Å²) in [7, 11) is -2.04. The van der Waals surface area contributed by atoms with Crippen LogP contribution in [0.2, 0.25) is 0 Å². The fourth-order valence-corrected chi connectivity index (χ4v) is 3.33. The number of amides is 1. The lowest BCUT2D eigenvalue weighted by Gasteiger charge is -2.13. The lowest BCUT2D eigenvalue weighted by Crippen LogP contribution is -2.36. The zero-order chi connectivity index (χ0) is 14.9. The van der Waals surface area contributed by atoms with Crippen molar-refractivity contribution in [3.63, 3.8) is 0 Å². The average Bonchev–Trinajstić information content (AvgIpc) is 2.67. The third-order valence-electron chi connectivity index (χ3n) is 3.23. The van der Waals surface area contributed by atoms with E-state index in [0.717, 1.165) is 0 Å². The van der Waals surface area contributed by atoms with Crippen LogP contribution in [0.15, 0.2) is 29.2 Å². The Hall–Kier alpha value is -1.73. The summed E-state index contributed by atoms with van der Waals surface area (Å²) in [5.41, 5.74) is 0.458. The lowest BCUT2D eigenvalue weighted by atomic mass is 10.2. The number of likely N-dealkylation sites (tertiary alicyclic amines) is 1. The molecule has 1 aromatic rings. The monoisotopic (exact) mass is 296 g/mol. The topological polar surface area (TPSA) is 83.5 Å². The number of carbonyl (C=O) groups excluding carboxylic acids is 2. The van der Waals surface area contributed by atoms with Gasteiger partial charge in [-0.05, 0) is 19.1 Å². The van der Waals surface area contributed by atoms with Gasteiger partial charge in [0.2, 0.25) is 15.9 Å². The van der Waals surface area contributed by atoms with Gasteiger partial charge in [-0.15, -0.1) is 0 Å². The molecule has 0 saturated carbocycles. The summed E-state index contributed by atoms with van der Waals surface area (Å²) in [6, 6.07) is 5.31. The van der Waals surface area contributed by atoms with Gasteiger partial charge in [0.15, 0.2) is 5.78 Å². The average molecular weight is 296 g/mol. The van der Waals surface area contributed by atoms with Crippen LogP contribution in [0.4, 0.5) is 0 Å². The van der Waals surface area contributed by atoms with Gasteiger partial charge in [-0.25, -0.2) is 13.1 Å². The number of ketones is 1. The van der Waals surface area contributed by atoms with Crippen molar-refractivity contribution in [2.45, 2.75) is 24.3 Å². The predicted octanol–water partition coefficient (Wildman–Crippen LogP) is 0.398. The number of likely N-dealkylation sites (N-methyl/N-ethyl adjacent to an activating group) is 1. The minimum Gasteiger partial charge on any atom is -0.344 e. The third kappa shape index (κ3) is 3.05. The second-order valence-electron chi connectivity index (χ2n) is 4.88. The van der Waals surface area contributed by atoms with Crippen molar-refractivity contribution in [3.05, 3.63) is 29.8 Å². The lowest BCUT2D eigenvalue weighted by molar-refractivity contribution is -0.126. The van der Waals surface area contributed by atoms with E-state index in [9.17, 15) is 18.0 Å². The Morgan fingerprint density at radius 2 is 1.90 bits per heavy atom. The van der Waals surface area contributed by atoms with Crippen LogP contribution in [0.5, 0.6) is 0 Å². The highest BCUT2D eigenvalue weighted by Crippen LogP contribution is 2.15. The summed E-state index contributed by atoms with van der Waals surface area (Å²) in [6.45, 7) is 1.78. The van der Waals surface area contributed by atoms with Crippen LogP contribution in [0.25, 0.3) is 0 Å². The van der Waals surface area contributed by atoms with Crippen molar-refractivity contribution in [1.29, 1.82) is 0 Å². The zero-order valence-electron chi connectivity index (χ0n) is 11.3. The Labute approximate surface area is 117 Å². The molecule has 0 radical (unpaired) electrons. The Morgan fingerprint density at radius 1 is 1.30 bits per heavy atom. The Balaban J connectivity index is 2.14. The molecule has 0 aromatic heterocycles. The van der Waals surface area contributed by atoms with E-state index in [1.165, 1.54) is 36.1 Å². The van der Waals surface area contributed by atoms with Crippen LogP contribution in [0, 0.1) is 0 Å². The van der Waals surface area contributed by atoms with E-state index >= 15 is 0 Å². The molecule has 0 aliphatic carbocycles. The van der Waals surface area contributed by atoms with Crippen LogP contribution < -0.4 is 4.72 Å². The highest BCUT2D eigenvalue weighted by atomic mass is 32.2. The minimum atomic E-state index is -3.67. The number of nitrogens with zero attached hydrogens (tertiary/aromatic N) is 1. The molecule has 6 nitrogen and oxygen atoms in total. The highest BCUT2D eigenvalue weighted by molar-refractivity contribution is 7.89. The molecule has 1 amide bonds. The highest BCUT2D eigenvalue weighted by Gasteiger charge is 2.30. The van der Waals surface area contributed by atoms with Gasteiger partial charge in [0.25, 0.3) is 0 Å². The van der Waals surface area contributed by atoms with Gasteiger partial charge in [-0.1, -0.05) is 12.1 Å². The maximum atomic E-state index is 12.2. The van der Waals surface area contributed by atoms with E-state index in [2.05, 4.69) is 4.72 Å². The Kier molecular flexibility index (Phi) is 3.92. The molecular weight excluding hydrogens is 280 g/mol. The fourth-order valence-electron chi connectivity index (χ4n) is 2.10. The number of hydrogen-bond donors (Lipinski definition) is 1. The number of benzene rings is 1. The first-order chi connectivity index (χ1) is 9.29. The molecule has 1 aromatic carbocycles. The first kappa shape index (κ1) is 14.7. The van der Waals surface area contributed by atoms with Crippen molar-refractivity contribution in [2.24, 2.45) is 0 Å². The molecule has 1 fully saturated rings. The van der Waals surface area contributed by atoms with Gasteiger partial charge in [-0.3, -0.25) is 9.59 Å². The van der Waals surface area contributed by atoms with Crippen molar-refractivity contribution >= 4 is 21.7 Å². The minimum absolute atomic E-state index is 0.0790. The summed E-state index contributed by atoms with van der Waals surface area (Å²) in [5, 5.41) is 0. The normalized spacial score (nSPS) is 19.4. The SMILES string of the molecule is CC(=O)c1ccc(S(=O)(=O)NC2CC(=O)N(C)C2)cc1. The Morgan fingerprint density at radius 3 is 2.35 bits per heavy atom. The van der Waals surface area contributed by atoms with Gasteiger partial charge in [0, 0.05) is 31.6 Å². The molecule has 108 valence electrons. The standard InChI is InChI=1S/C13H16N2O4S/c1-9(16)10-3-5-12(6-4-10)20(18,19)14-11-7-13(17)15(2)8-11/h3-6,11,14H,7-8H2,1-2H3. The first-order valence-corrected chi connectivity index (χ1v) is 7.65.